The number of aliphatic hydroxyl groups excluding tert-OH is 1. The first-order chi connectivity index (χ1) is 12.8. The first-order valence-electron chi connectivity index (χ1n) is 8.42. The van der Waals surface area contributed by atoms with Crippen molar-refractivity contribution in [1.29, 1.82) is 0 Å². The van der Waals surface area contributed by atoms with Crippen LogP contribution in [0.1, 0.15) is 17.5 Å². The highest BCUT2D eigenvalue weighted by Gasteiger charge is 2.29. The molecule has 0 bridgehead atoms. The van der Waals surface area contributed by atoms with Crippen LogP contribution in [0.25, 0.3) is 0 Å². The Morgan fingerprint density at radius 1 is 1.15 bits per heavy atom. The molecule has 2 atom stereocenters. The van der Waals surface area contributed by atoms with Crippen LogP contribution in [0.15, 0.2) is 59.5 Å². The summed E-state index contributed by atoms with van der Waals surface area (Å²) in [4.78, 5) is 11.5. The molecular formula is C19H23NO6S. The van der Waals surface area contributed by atoms with E-state index < -0.39 is 16.2 Å². The van der Waals surface area contributed by atoms with Crippen LogP contribution in [0.2, 0.25) is 0 Å². The van der Waals surface area contributed by atoms with E-state index in [1.807, 2.05) is 37.3 Å². The molecule has 0 saturated carbocycles. The third kappa shape index (κ3) is 7.10. The predicted octanol–water partition coefficient (Wildman–Crippen LogP) is 1.69. The number of esters is 1. The normalized spacial score (nSPS) is 19.1. The van der Waals surface area contributed by atoms with Crippen LogP contribution in [0.3, 0.4) is 0 Å². The smallest absolute Gasteiger partial charge is 0.323 e. The molecule has 1 fully saturated rings. The van der Waals surface area contributed by atoms with Gasteiger partial charge in [-0.15, -0.1) is 0 Å². The molecule has 1 saturated heterocycles. The van der Waals surface area contributed by atoms with Gasteiger partial charge in [-0.05, 0) is 24.6 Å². The highest BCUT2D eigenvalue weighted by Crippen LogP contribution is 2.10. The maximum absolute atomic E-state index is 11.6. The topological polar surface area (TPSA) is 113 Å². The molecule has 7 nitrogen and oxygen atoms in total. The van der Waals surface area contributed by atoms with Gasteiger partial charge in [0.05, 0.1) is 11.0 Å². The first-order valence-corrected chi connectivity index (χ1v) is 9.86. The summed E-state index contributed by atoms with van der Waals surface area (Å²) in [6.07, 6.45) is 0.00226. The van der Waals surface area contributed by atoms with Gasteiger partial charge in [-0.2, -0.15) is 8.42 Å². The lowest BCUT2D eigenvalue weighted by atomic mass is 10.2. The Labute approximate surface area is 158 Å². The number of rotatable bonds is 4. The van der Waals surface area contributed by atoms with Crippen LogP contribution in [-0.4, -0.2) is 42.7 Å². The van der Waals surface area contributed by atoms with Gasteiger partial charge >= 0.3 is 5.97 Å². The molecule has 0 unspecified atom stereocenters. The van der Waals surface area contributed by atoms with Gasteiger partial charge in [-0.1, -0.05) is 48.0 Å². The van der Waals surface area contributed by atoms with Gasteiger partial charge < -0.3 is 15.2 Å². The summed E-state index contributed by atoms with van der Waals surface area (Å²) in [6.45, 7) is 2.59. The van der Waals surface area contributed by atoms with Gasteiger partial charge in [-0.3, -0.25) is 9.35 Å². The molecule has 0 aliphatic carbocycles. The van der Waals surface area contributed by atoms with E-state index in [0.717, 1.165) is 11.1 Å². The van der Waals surface area contributed by atoms with E-state index in [1.165, 1.54) is 12.1 Å². The maximum atomic E-state index is 11.6. The fourth-order valence-corrected chi connectivity index (χ4v) is 2.92. The number of hydrogen-bond acceptors (Lipinski definition) is 6. The number of hydrogen-bond donors (Lipinski definition) is 3. The molecular weight excluding hydrogens is 370 g/mol. The molecule has 146 valence electrons. The quantitative estimate of drug-likeness (QED) is 0.535. The number of nitrogens with one attached hydrogen (secondary N) is 1. The van der Waals surface area contributed by atoms with E-state index in [-0.39, 0.29) is 23.5 Å². The van der Waals surface area contributed by atoms with Gasteiger partial charge in [0, 0.05) is 13.0 Å². The third-order valence-corrected chi connectivity index (χ3v) is 4.80. The van der Waals surface area contributed by atoms with Crippen LogP contribution < -0.4 is 5.32 Å². The minimum Gasteiger partial charge on any atom is -0.460 e. The van der Waals surface area contributed by atoms with E-state index in [0.29, 0.717) is 13.0 Å². The minimum atomic E-state index is -4.02. The number of carbonyl (C=O) groups is 1. The Bertz CT molecular complexity index is 836. The van der Waals surface area contributed by atoms with Gasteiger partial charge in [0.25, 0.3) is 10.1 Å². The summed E-state index contributed by atoms with van der Waals surface area (Å²) in [5, 5.41) is 12.2. The summed E-state index contributed by atoms with van der Waals surface area (Å²) in [7, 11) is -4.02. The average molecular weight is 393 g/mol. The van der Waals surface area contributed by atoms with Crippen LogP contribution in [-0.2, 0) is 26.3 Å². The monoisotopic (exact) mass is 393 g/mol. The number of carbonyl (C=O) groups excluding carboxylic acids is 1. The van der Waals surface area contributed by atoms with Crippen molar-refractivity contribution in [2.45, 2.75) is 37.0 Å². The summed E-state index contributed by atoms with van der Waals surface area (Å²) >= 11 is 0. The first kappa shape index (κ1) is 21.0. The van der Waals surface area contributed by atoms with Crippen molar-refractivity contribution in [2.75, 3.05) is 6.54 Å². The lowest BCUT2D eigenvalue weighted by molar-refractivity contribution is -0.147. The van der Waals surface area contributed by atoms with Crippen LogP contribution in [0.4, 0.5) is 0 Å². The van der Waals surface area contributed by atoms with Crippen molar-refractivity contribution in [1.82, 2.24) is 5.32 Å². The second-order valence-electron chi connectivity index (χ2n) is 6.23. The molecule has 3 rings (SSSR count). The molecule has 1 aliphatic rings. The average Bonchev–Trinajstić information content (AvgIpc) is 3.07. The largest absolute Gasteiger partial charge is 0.460 e. The standard InChI is InChI=1S/C12H15NO3.C7H8O3S/c14-10-6-11(13-7-10)12(15)16-8-9-4-2-1-3-5-9;1-6-2-4-7(5-3-6)11(8,9)10/h1-5,10-11,13-14H,6-8H2;2-5H,1H3,(H,8,9,10)/t10-,11-;/m1./s1. The fraction of sp³-hybridized carbons (Fsp3) is 0.316. The molecule has 0 amide bonds. The number of aryl methyl sites for hydroxylation is 1. The molecule has 0 radical (unpaired) electrons. The van der Waals surface area contributed by atoms with E-state index in [9.17, 15) is 18.3 Å². The second kappa shape index (κ2) is 9.61. The summed E-state index contributed by atoms with van der Waals surface area (Å²) in [5.74, 6) is -0.291. The van der Waals surface area contributed by atoms with Gasteiger partial charge in [0.15, 0.2) is 0 Å². The van der Waals surface area contributed by atoms with Crippen LogP contribution in [0, 0.1) is 6.92 Å². The summed E-state index contributed by atoms with van der Waals surface area (Å²) in [6, 6.07) is 15.2. The summed E-state index contributed by atoms with van der Waals surface area (Å²) < 4.78 is 34.7. The Morgan fingerprint density at radius 3 is 2.30 bits per heavy atom. The van der Waals surface area contributed by atoms with E-state index in [4.69, 9.17) is 9.29 Å². The Morgan fingerprint density at radius 2 is 1.78 bits per heavy atom. The summed E-state index contributed by atoms with van der Waals surface area (Å²) in [5.41, 5.74) is 1.92. The number of aliphatic hydroxyl groups is 1. The van der Waals surface area contributed by atoms with Crippen LogP contribution in [0.5, 0.6) is 0 Å². The Balaban J connectivity index is 0.000000208. The van der Waals surface area contributed by atoms with Crippen molar-refractivity contribution >= 4 is 16.1 Å². The van der Waals surface area contributed by atoms with Crippen molar-refractivity contribution in [3.05, 3.63) is 65.7 Å². The lowest BCUT2D eigenvalue weighted by Crippen LogP contribution is -2.32. The highest BCUT2D eigenvalue weighted by atomic mass is 32.2. The van der Waals surface area contributed by atoms with Crippen molar-refractivity contribution in [2.24, 2.45) is 0 Å². The van der Waals surface area contributed by atoms with E-state index in [1.54, 1.807) is 12.1 Å². The van der Waals surface area contributed by atoms with Crippen molar-refractivity contribution < 1.29 is 27.6 Å². The maximum Gasteiger partial charge on any atom is 0.323 e. The Kier molecular flexibility index (Phi) is 7.49. The molecule has 0 aromatic heterocycles. The zero-order valence-corrected chi connectivity index (χ0v) is 15.7. The van der Waals surface area contributed by atoms with Gasteiger partial charge in [-0.25, -0.2) is 0 Å². The molecule has 2 aromatic rings. The lowest BCUT2D eigenvalue weighted by Gasteiger charge is -2.10. The fourth-order valence-electron chi connectivity index (χ4n) is 2.44. The Hall–Kier alpha value is -2.26. The van der Waals surface area contributed by atoms with Gasteiger partial charge in [0.1, 0.15) is 12.6 Å². The third-order valence-electron chi connectivity index (χ3n) is 3.93. The predicted molar refractivity (Wildman–Crippen MR) is 99.6 cm³/mol. The molecule has 3 N–H and O–H groups in total. The van der Waals surface area contributed by atoms with E-state index in [2.05, 4.69) is 5.32 Å². The van der Waals surface area contributed by atoms with E-state index >= 15 is 0 Å². The van der Waals surface area contributed by atoms with Gasteiger partial charge in [0.2, 0.25) is 0 Å². The SMILES string of the molecule is Cc1ccc(S(=O)(=O)O)cc1.O=C(OCc1ccccc1)[C@H]1C[C@@H](O)CN1. The number of ether oxygens (including phenoxy) is 1. The second-order valence-corrected chi connectivity index (χ2v) is 7.65. The molecule has 8 heteroatoms. The molecule has 1 aliphatic heterocycles. The van der Waals surface area contributed by atoms with Crippen molar-refractivity contribution in [3.63, 3.8) is 0 Å². The molecule has 27 heavy (non-hydrogen) atoms. The number of β-amino-alcohol motifs (C(OH)–C–C–N with tert-alkyl or cyclic N) is 1. The zero-order valence-electron chi connectivity index (χ0n) is 14.9. The highest BCUT2D eigenvalue weighted by molar-refractivity contribution is 7.85. The van der Waals surface area contributed by atoms with Crippen LogP contribution >= 0.6 is 0 Å². The van der Waals surface area contributed by atoms with Crippen molar-refractivity contribution in [3.8, 4) is 0 Å². The molecule has 0 spiro atoms. The zero-order chi connectivity index (χ0) is 19.9. The number of benzene rings is 2. The molecule has 1 heterocycles. The minimum absolute atomic E-state index is 0.0666. The molecule has 2 aromatic carbocycles.